The molecule has 96 valence electrons. The number of halogens is 1. The highest BCUT2D eigenvalue weighted by atomic mass is 19.1. The first-order valence-electron chi connectivity index (χ1n) is 6.15. The lowest BCUT2D eigenvalue weighted by Gasteiger charge is -2.19. The Bertz CT molecular complexity index is 323. The Morgan fingerprint density at radius 3 is 2.29 bits per heavy atom. The number of hydrogen-bond acceptors (Lipinski definition) is 2. The average Bonchev–Trinajstić information content (AvgIpc) is 2.29. The molecule has 2 unspecified atom stereocenters. The number of aliphatic hydroxyl groups excluding tert-OH is 1. The van der Waals surface area contributed by atoms with Crippen molar-refractivity contribution >= 4 is 0 Å². The predicted molar refractivity (Wildman–Crippen MR) is 68.4 cm³/mol. The van der Waals surface area contributed by atoms with Crippen LogP contribution in [0.1, 0.15) is 26.3 Å². The molecule has 0 fully saturated rings. The van der Waals surface area contributed by atoms with Gasteiger partial charge in [0.05, 0.1) is 6.10 Å². The zero-order valence-corrected chi connectivity index (χ0v) is 10.8. The molecule has 0 heterocycles. The normalized spacial score (nSPS) is 14.9. The van der Waals surface area contributed by atoms with E-state index in [1.54, 1.807) is 12.1 Å². The van der Waals surface area contributed by atoms with Crippen LogP contribution in [-0.2, 0) is 6.42 Å². The second-order valence-corrected chi connectivity index (χ2v) is 4.95. The van der Waals surface area contributed by atoms with Crippen LogP contribution in [0.4, 0.5) is 4.39 Å². The zero-order valence-electron chi connectivity index (χ0n) is 10.8. The molecule has 2 N–H and O–H groups in total. The quantitative estimate of drug-likeness (QED) is 0.798. The molecule has 2 nitrogen and oxygen atoms in total. The fourth-order valence-electron chi connectivity index (χ4n) is 1.60. The van der Waals surface area contributed by atoms with E-state index in [2.05, 4.69) is 12.2 Å². The summed E-state index contributed by atoms with van der Waals surface area (Å²) in [5, 5.41) is 12.9. The van der Waals surface area contributed by atoms with Gasteiger partial charge in [-0.1, -0.05) is 26.0 Å². The van der Waals surface area contributed by atoms with E-state index in [9.17, 15) is 9.50 Å². The Morgan fingerprint density at radius 2 is 1.76 bits per heavy atom. The molecule has 1 aromatic rings. The van der Waals surface area contributed by atoms with E-state index in [0.29, 0.717) is 6.54 Å². The van der Waals surface area contributed by atoms with Crippen LogP contribution < -0.4 is 5.32 Å². The van der Waals surface area contributed by atoms with Crippen molar-refractivity contribution in [3.05, 3.63) is 35.6 Å². The summed E-state index contributed by atoms with van der Waals surface area (Å²) in [6.45, 7) is 6.66. The van der Waals surface area contributed by atoms with Crippen LogP contribution in [0.15, 0.2) is 24.3 Å². The van der Waals surface area contributed by atoms with Crippen LogP contribution in [0.3, 0.4) is 0 Å². The van der Waals surface area contributed by atoms with E-state index >= 15 is 0 Å². The first-order valence-corrected chi connectivity index (χ1v) is 6.15. The first-order chi connectivity index (χ1) is 7.99. The molecule has 0 aromatic heterocycles. The average molecular weight is 239 g/mol. The summed E-state index contributed by atoms with van der Waals surface area (Å²) in [4.78, 5) is 0. The van der Waals surface area contributed by atoms with Crippen molar-refractivity contribution in [3.63, 3.8) is 0 Å². The predicted octanol–water partition coefficient (Wildman–Crippen LogP) is 2.36. The highest BCUT2D eigenvalue weighted by Gasteiger charge is 2.10. The van der Waals surface area contributed by atoms with Gasteiger partial charge in [-0.05, 0) is 37.0 Å². The first kappa shape index (κ1) is 14.1. The number of benzene rings is 1. The maximum Gasteiger partial charge on any atom is 0.123 e. The van der Waals surface area contributed by atoms with Gasteiger partial charge < -0.3 is 10.4 Å². The van der Waals surface area contributed by atoms with E-state index in [1.165, 1.54) is 12.1 Å². The monoisotopic (exact) mass is 239 g/mol. The minimum absolute atomic E-state index is 0.204. The summed E-state index contributed by atoms with van der Waals surface area (Å²) in [7, 11) is 0. The van der Waals surface area contributed by atoms with Gasteiger partial charge >= 0.3 is 0 Å². The van der Waals surface area contributed by atoms with Gasteiger partial charge in [-0.2, -0.15) is 0 Å². The molecule has 1 rings (SSSR count). The highest BCUT2D eigenvalue weighted by molar-refractivity contribution is 5.16. The molecule has 0 radical (unpaired) electrons. The van der Waals surface area contributed by atoms with Gasteiger partial charge in [-0.25, -0.2) is 4.39 Å². The summed E-state index contributed by atoms with van der Waals surface area (Å²) in [6.07, 6.45) is 0.524. The summed E-state index contributed by atoms with van der Waals surface area (Å²) >= 11 is 0. The van der Waals surface area contributed by atoms with Crippen molar-refractivity contribution in [2.45, 2.75) is 39.3 Å². The smallest absolute Gasteiger partial charge is 0.123 e. The Labute approximate surface area is 103 Å². The number of aliphatic hydroxyl groups is 1. The molecule has 0 bridgehead atoms. The van der Waals surface area contributed by atoms with Crippen molar-refractivity contribution < 1.29 is 9.50 Å². The van der Waals surface area contributed by atoms with Gasteiger partial charge in [-0.3, -0.25) is 0 Å². The Balaban J connectivity index is 2.34. The third-order valence-corrected chi connectivity index (χ3v) is 2.90. The molecule has 0 amide bonds. The summed E-state index contributed by atoms with van der Waals surface area (Å²) < 4.78 is 12.7. The van der Waals surface area contributed by atoms with Gasteiger partial charge in [0.25, 0.3) is 0 Å². The minimum atomic E-state index is -0.314. The van der Waals surface area contributed by atoms with Gasteiger partial charge in [-0.15, -0.1) is 0 Å². The second kappa shape index (κ2) is 6.72. The lowest BCUT2D eigenvalue weighted by atomic mass is 10.1. The van der Waals surface area contributed by atoms with Crippen LogP contribution in [0, 0.1) is 11.7 Å². The SMILES string of the molecule is CC(Cc1ccc(F)cc1)NCC(O)C(C)C. The fourth-order valence-corrected chi connectivity index (χ4v) is 1.60. The van der Waals surface area contributed by atoms with Gasteiger partial charge in [0.15, 0.2) is 0 Å². The molecular formula is C14H22FNO. The molecule has 17 heavy (non-hydrogen) atoms. The topological polar surface area (TPSA) is 32.3 Å². The van der Waals surface area contributed by atoms with Gasteiger partial charge in [0, 0.05) is 12.6 Å². The van der Waals surface area contributed by atoms with Gasteiger partial charge in [0.1, 0.15) is 5.82 Å². The molecule has 0 saturated heterocycles. The Morgan fingerprint density at radius 1 is 1.18 bits per heavy atom. The van der Waals surface area contributed by atoms with E-state index < -0.39 is 0 Å². The van der Waals surface area contributed by atoms with Gasteiger partial charge in [0.2, 0.25) is 0 Å². The molecule has 0 aliphatic heterocycles. The van der Waals surface area contributed by atoms with E-state index in [1.807, 2.05) is 13.8 Å². The Kier molecular flexibility index (Phi) is 5.59. The van der Waals surface area contributed by atoms with Crippen molar-refractivity contribution in [2.75, 3.05) is 6.54 Å². The zero-order chi connectivity index (χ0) is 12.8. The largest absolute Gasteiger partial charge is 0.392 e. The van der Waals surface area contributed by atoms with E-state index in [0.717, 1.165) is 12.0 Å². The summed E-state index contributed by atoms with van der Waals surface area (Å²) in [5.74, 6) is 0.0603. The maximum atomic E-state index is 12.7. The highest BCUT2D eigenvalue weighted by Crippen LogP contribution is 2.06. The van der Waals surface area contributed by atoms with Crippen LogP contribution in [0.25, 0.3) is 0 Å². The van der Waals surface area contributed by atoms with Crippen LogP contribution in [-0.4, -0.2) is 23.8 Å². The van der Waals surface area contributed by atoms with Crippen molar-refractivity contribution in [2.24, 2.45) is 5.92 Å². The van der Waals surface area contributed by atoms with Crippen molar-refractivity contribution in [3.8, 4) is 0 Å². The molecule has 0 aliphatic carbocycles. The number of nitrogens with one attached hydrogen (secondary N) is 1. The standard InChI is InChI=1S/C14H22FNO/c1-10(2)14(17)9-16-11(3)8-12-4-6-13(15)7-5-12/h4-7,10-11,14,16-17H,8-9H2,1-3H3. The van der Waals surface area contributed by atoms with Crippen molar-refractivity contribution in [1.82, 2.24) is 5.32 Å². The summed E-state index contributed by atoms with van der Waals surface area (Å²) in [6, 6.07) is 6.82. The lowest BCUT2D eigenvalue weighted by molar-refractivity contribution is 0.120. The fraction of sp³-hybridized carbons (Fsp3) is 0.571. The van der Waals surface area contributed by atoms with Crippen LogP contribution in [0.2, 0.25) is 0 Å². The molecule has 2 atom stereocenters. The molecule has 1 aromatic carbocycles. The minimum Gasteiger partial charge on any atom is -0.392 e. The van der Waals surface area contributed by atoms with E-state index in [-0.39, 0.29) is 23.9 Å². The van der Waals surface area contributed by atoms with E-state index in [4.69, 9.17) is 0 Å². The number of rotatable bonds is 6. The third-order valence-electron chi connectivity index (χ3n) is 2.90. The third kappa shape index (κ3) is 5.29. The van der Waals surface area contributed by atoms with Crippen molar-refractivity contribution in [1.29, 1.82) is 0 Å². The molecule has 0 saturated carbocycles. The molecule has 0 aliphatic rings. The molecular weight excluding hydrogens is 217 g/mol. The molecule has 3 heteroatoms. The maximum absolute atomic E-state index is 12.7. The number of hydrogen-bond donors (Lipinski definition) is 2. The van der Waals surface area contributed by atoms with Crippen LogP contribution >= 0.6 is 0 Å². The lowest BCUT2D eigenvalue weighted by Crippen LogP contribution is -2.37. The summed E-state index contributed by atoms with van der Waals surface area (Å²) in [5.41, 5.74) is 1.10. The Hall–Kier alpha value is -0.930. The molecule has 0 spiro atoms. The van der Waals surface area contributed by atoms with Crippen LogP contribution in [0.5, 0.6) is 0 Å². The second-order valence-electron chi connectivity index (χ2n) is 4.95.